The Kier molecular flexibility index (Phi) is 6.07. The third-order valence-corrected chi connectivity index (χ3v) is 4.29. The second-order valence-electron chi connectivity index (χ2n) is 4.92. The monoisotopic (exact) mass is 348 g/mol. The van der Waals surface area contributed by atoms with Gasteiger partial charge in [-0.3, -0.25) is 9.59 Å². The SMILES string of the molecule is CSc1ccc(C(=O)N(C)CC(=O)Nc2ccccc2Cl)cc1. The van der Waals surface area contributed by atoms with Crippen LogP contribution in [0.5, 0.6) is 0 Å². The van der Waals surface area contributed by atoms with Gasteiger partial charge in [0.2, 0.25) is 5.91 Å². The fraction of sp³-hybridized carbons (Fsp3) is 0.176. The second-order valence-corrected chi connectivity index (χ2v) is 6.20. The molecule has 0 heterocycles. The Labute approximate surface area is 144 Å². The third-order valence-electron chi connectivity index (χ3n) is 3.21. The highest BCUT2D eigenvalue weighted by Crippen LogP contribution is 2.20. The summed E-state index contributed by atoms with van der Waals surface area (Å²) in [5.74, 6) is -0.498. The minimum atomic E-state index is -0.297. The first kappa shape index (κ1) is 17.4. The van der Waals surface area contributed by atoms with Gasteiger partial charge < -0.3 is 10.2 Å². The van der Waals surface area contributed by atoms with Gasteiger partial charge in [-0.1, -0.05) is 23.7 Å². The normalized spacial score (nSPS) is 10.2. The molecular weight excluding hydrogens is 332 g/mol. The molecule has 0 saturated heterocycles. The Hall–Kier alpha value is -1.98. The van der Waals surface area contributed by atoms with Crippen LogP contribution in [0.15, 0.2) is 53.4 Å². The number of nitrogens with zero attached hydrogens (tertiary/aromatic N) is 1. The summed E-state index contributed by atoms with van der Waals surface area (Å²) in [5.41, 5.74) is 1.08. The minimum Gasteiger partial charge on any atom is -0.332 e. The van der Waals surface area contributed by atoms with E-state index in [1.807, 2.05) is 18.4 Å². The number of likely N-dealkylation sites (N-methyl/N-ethyl adjacent to an activating group) is 1. The molecule has 0 radical (unpaired) electrons. The van der Waals surface area contributed by atoms with Crippen LogP contribution in [0.1, 0.15) is 10.4 Å². The van der Waals surface area contributed by atoms with Crippen molar-refractivity contribution in [2.24, 2.45) is 0 Å². The van der Waals surface area contributed by atoms with Crippen LogP contribution in [0, 0.1) is 0 Å². The van der Waals surface area contributed by atoms with E-state index in [1.165, 1.54) is 4.90 Å². The molecule has 1 N–H and O–H groups in total. The molecule has 2 aromatic carbocycles. The molecule has 4 nitrogen and oxygen atoms in total. The van der Waals surface area contributed by atoms with Crippen molar-refractivity contribution in [2.45, 2.75) is 4.90 Å². The number of anilines is 1. The first-order chi connectivity index (χ1) is 11.0. The molecule has 23 heavy (non-hydrogen) atoms. The zero-order valence-corrected chi connectivity index (χ0v) is 14.4. The van der Waals surface area contributed by atoms with Crippen molar-refractivity contribution in [1.29, 1.82) is 0 Å². The van der Waals surface area contributed by atoms with Crippen molar-refractivity contribution in [3.05, 3.63) is 59.1 Å². The van der Waals surface area contributed by atoms with Gasteiger partial charge in [-0.25, -0.2) is 0 Å². The van der Waals surface area contributed by atoms with Gasteiger partial charge in [0, 0.05) is 17.5 Å². The van der Waals surface area contributed by atoms with Crippen LogP contribution < -0.4 is 5.32 Å². The van der Waals surface area contributed by atoms with Crippen molar-refractivity contribution < 1.29 is 9.59 Å². The number of hydrogen-bond acceptors (Lipinski definition) is 3. The number of nitrogens with one attached hydrogen (secondary N) is 1. The molecule has 0 aromatic heterocycles. The number of carbonyl (C=O) groups excluding carboxylic acids is 2. The molecule has 0 saturated carbocycles. The molecule has 2 rings (SSSR count). The molecule has 0 aliphatic heterocycles. The van der Waals surface area contributed by atoms with E-state index in [2.05, 4.69) is 5.32 Å². The van der Waals surface area contributed by atoms with Gasteiger partial charge in [-0.15, -0.1) is 11.8 Å². The van der Waals surface area contributed by atoms with E-state index in [0.717, 1.165) is 4.90 Å². The Bertz CT molecular complexity index is 704. The molecular formula is C17H17ClN2O2S. The topological polar surface area (TPSA) is 49.4 Å². The first-order valence-corrected chi connectivity index (χ1v) is 8.55. The van der Waals surface area contributed by atoms with E-state index >= 15 is 0 Å². The lowest BCUT2D eigenvalue weighted by molar-refractivity contribution is -0.116. The van der Waals surface area contributed by atoms with Crippen molar-refractivity contribution in [3.8, 4) is 0 Å². The Morgan fingerprint density at radius 3 is 2.39 bits per heavy atom. The predicted octanol–water partition coefficient (Wildman–Crippen LogP) is 3.77. The van der Waals surface area contributed by atoms with Crippen LogP contribution in [0.2, 0.25) is 5.02 Å². The standard InChI is InChI=1S/C17H17ClN2O2S/c1-20(17(22)12-7-9-13(23-2)10-8-12)11-16(21)19-15-6-4-3-5-14(15)18/h3-10H,11H2,1-2H3,(H,19,21). The van der Waals surface area contributed by atoms with Gasteiger partial charge in [0.25, 0.3) is 5.91 Å². The van der Waals surface area contributed by atoms with Gasteiger partial charge in [0.05, 0.1) is 17.3 Å². The molecule has 0 unspecified atom stereocenters. The van der Waals surface area contributed by atoms with Gasteiger partial charge in [0.1, 0.15) is 0 Å². The van der Waals surface area contributed by atoms with Crippen molar-refractivity contribution >= 4 is 40.9 Å². The number of benzene rings is 2. The van der Waals surface area contributed by atoms with Crippen LogP contribution in [-0.2, 0) is 4.79 Å². The maximum atomic E-state index is 12.3. The van der Waals surface area contributed by atoms with Crippen LogP contribution >= 0.6 is 23.4 Å². The molecule has 0 aliphatic rings. The summed E-state index contributed by atoms with van der Waals surface area (Å²) in [4.78, 5) is 26.8. The van der Waals surface area contributed by atoms with E-state index in [4.69, 9.17) is 11.6 Å². The summed E-state index contributed by atoms with van der Waals surface area (Å²) in [5, 5.41) is 3.16. The zero-order valence-electron chi connectivity index (χ0n) is 12.9. The van der Waals surface area contributed by atoms with E-state index in [0.29, 0.717) is 16.3 Å². The fourth-order valence-corrected chi connectivity index (χ4v) is 2.58. The molecule has 6 heteroatoms. The first-order valence-electron chi connectivity index (χ1n) is 6.95. The summed E-state index contributed by atoms with van der Waals surface area (Å²) in [7, 11) is 1.59. The quantitative estimate of drug-likeness (QED) is 0.837. The van der Waals surface area contributed by atoms with Crippen molar-refractivity contribution in [3.63, 3.8) is 0 Å². The van der Waals surface area contributed by atoms with Crippen LogP contribution in [0.4, 0.5) is 5.69 Å². The molecule has 0 aliphatic carbocycles. The molecule has 0 atom stereocenters. The number of carbonyl (C=O) groups is 2. The lowest BCUT2D eigenvalue weighted by Gasteiger charge is -2.17. The highest BCUT2D eigenvalue weighted by Gasteiger charge is 2.15. The van der Waals surface area contributed by atoms with Crippen molar-refractivity contribution in [2.75, 3.05) is 25.2 Å². The Morgan fingerprint density at radius 2 is 1.78 bits per heavy atom. The van der Waals surface area contributed by atoms with Crippen molar-refractivity contribution in [1.82, 2.24) is 4.90 Å². The molecule has 0 spiro atoms. The summed E-state index contributed by atoms with van der Waals surface area (Å²) in [6.07, 6.45) is 1.97. The Morgan fingerprint density at radius 1 is 1.13 bits per heavy atom. The maximum absolute atomic E-state index is 12.3. The molecule has 120 valence electrons. The van der Waals surface area contributed by atoms with E-state index in [1.54, 1.807) is 55.2 Å². The van der Waals surface area contributed by atoms with Crippen LogP contribution in [-0.4, -0.2) is 36.6 Å². The van der Waals surface area contributed by atoms with Gasteiger partial charge >= 0.3 is 0 Å². The molecule has 0 bridgehead atoms. The highest BCUT2D eigenvalue weighted by molar-refractivity contribution is 7.98. The largest absolute Gasteiger partial charge is 0.332 e. The fourth-order valence-electron chi connectivity index (χ4n) is 1.99. The summed E-state index contributed by atoms with van der Waals surface area (Å²) in [6, 6.07) is 14.3. The van der Waals surface area contributed by atoms with E-state index < -0.39 is 0 Å². The number of halogens is 1. The van der Waals surface area contributed by atoms with Crippen LogP contribution in [0.25, 0.3) is 0 Å². The number of para-hydroxylation sites is 1. The number of hydrogen-bond donors (Lipinski definition) is 1. The van der Waals surface area contributed by atoms with Gasteiger partial charge in [-0.2, -0.15) is 0 Å². The lowest BCUT2D eigenvalue weighted by atomic mass is 10.2. The smallest absolute Gasteiger partial charge is 0.254 e. The predicted molar refractivity (Wildman–Crippen MR) is 95.3 cm³/mol. The number of thioether (sulfide) groups is 1. The zero-order chi connectivity index (χ0) is 16.8. The second kappa shape index (κ2) is 8.04. The average Bonchev–Trinajstić information content (AvgIpc) is 2.56. The van der Waals surface area contributed by atoms with E-state index in [-0.39, 0.29) is 18.4 Å². The molecule has 2 aromatic rings. The maximum Gasteiger partial charge on any atom is 0.254 e. The Balaban J connectivity index is 1.97. The number of rotatable bonds is 5. The molecule has 2 amide bonds. The third kappa shape index (κ3) is 4.74. The summed E-state index contributed by atoms with van der Waals surface area (Å²) >= 11 is 7.60. The van der Waals surface area contributed by atoms with Crippen LogP contribution in [0.3, 0.4) is 0 Å². The van der Waals surface area contributed by atoms with Gasteiger partial charge in [0.15, 0.2) is 0 Å². The molecule has 0 fully saturated rings. The minimum absolute atomic E-state index is 0.0473. The van der Waals surface area contributed by atoms with E-state index in [9.17, 15) is 9.59 Å². The summed E-state index contributed by atoms with van der Waals surface area (Å²) in [6.45, 7) is -0.0473. The number of amides is 2. The van der Waals surface area contributed by atoms with Gasteiger partial charge in [-0.05, 0) is 42.7 Å². The average molecular weight is 349 g/mol. The summed E-state index contributed by atoms with van der Waals surface area (Å²) < 4.78 is 0. The highest BCUT2D eigenvalue weighted by atomic mass is 35.5. The lowest BCUT2D eigenvalue weighted by Crippen LogP contribution is -2.34.